The smallest absolute Gasteiger partial charge is 0.335 e. The van der Waals surface area contributed by atoms with Crippen molar-refractivity contribution in [2.24, 2.45) is 0 Å². The molecular formula is C13H24O13. The summed E-state index contributed by atoms with van der Waals surface area (Å²) in [6.45, 7) is -1.54. The van der Waals surface area contributed by atoms with Gasteiger partial charge < -0.3 is 60.5 Å². The largest absolute Gasteiger partial charge is 0.479 e. The van der Waals surface area contributed by atoms with E-state index in [1.807, 2.05) is 0 Å². The van der Waals surface area contributed by atoms with Crippen LogP contribution in [0.5, 0.6) is 0 Å². The van der Waals surface area contributed by atoms with Gasteiger partial charge in [-0.2, -0.15) is 0 Å². The van der Waals surface area contributed by atoms with Gasteiger partial charge in [0.1, 0.15) is 48.8 Å². The molecule has 1 saturated heterocycles. The molecule has 1 rings (SSSR count). The molecule has 0 aromatic heterocycles. The second kappa shape index (κ2) is 9.82. The van der Waals surface area contributed by atoms with Crippen molar-refractivity contribution in [3.63, 3.8) is 0 Å². The molecule has 26 heavy (non-hydrogen) atoms. The van der Waals surface area contributed by atoms with Crippen molar-refractivity contribution in [2.45, 2.75) is 61.2 Å². The number of carbonyl (C=O) groups is 1. The Morgan fingerprint density at radius 1 is 0.923 bits per heavy atom. The van der Waals surface area contributed by atoms with Crippen molar-refractivity contribution in [2.75, 3.05) is 13.2 Å². The van der Waals surface area contributed by atoms with Gasteiger partial charge in [-0.15, -0.1) is 0 Å². The first-order valence-electron chi connectivity index (χ1n) is 7.58. The van der Waals surface area contributed by atoms with Crippen LogP contribution in [-0.4, -0.2) is 131 Å². The van der Waals surface area contributed by atoms with Crippen LogP contribution in [0.25, 0.3) is 0 Å². The van der Waals surface area contributed by atoms with Gasteiger partial charge in [-0.05, 0) is 0 Å². The van der Waals surface area contributed by atoms with Gasteiger partial charge in [0, 0.05) is 0 Å². The first-order chi connectivity index (χ1) is 12.0. The molecule has 154 valence electrons. The highest BCUT2D eigenvalue weighted by Crippen LogP contribution is 2.22. The summed E-state index contributed by atoms with van der Waals surface area (Å²) in [5.41, 5.74) is 0. The van der Waals surface area contributed by atoms with Gasteiger partial charge in [-0.1, -0.05) is 0 Å². The molecule has 13 heteroatoms. The Hall–Kier alpha value is -0.970. The average Bonchev–Trinajstić information content (AvgIpc) is 2.62. The zero-order chi connectivity index (χ0) is 20.2. The van der Waals surface area contributed by atoms with Crippen LogP contribution in [0.3, 0.4) is 0 Å². The van der Waals surface area contributed by atoms with Crippen LogP contribution in [0, 0.1) is 0 Å². The molecule has 0 amide bonds. The fraction of sp³-hybridized carbons (Fsp3) is 0.923. The molecule has 0 bridgehead atoms. The van der Waals surface area contributed by atoms with Crippen molar-refractivity contribution in [1.82, 2.24) is 0 Å². The van der Waals surface area contributed by atoms with Gasteiger partial charge in [-0.3, -0.25) is 0 Å². The number of carboxylic acid groups (broad SMARTS) is 1. The number of aliphatic hydroxyl groups excluding tert-OH is 9. The third kappa shape index (κ3) is 5.28. The SMILES string of the molecule is O=C(O)C(O)C(O)C(O)C(O)C(O)CO[C@H]1O[C@H](CO)[C@@H](O)[C@H](O)[C@H]1O. The van der Waals surface area contributed by atoms with Gasteiger partial charge in [0.25, 0.3) is 0 Å². The summed E-state index contributed by atoms with van der Waals surface area (Å²) >= 11 is 0. The summed E-state index contributed by atoms with van der Waals surface area (Å²) in [6, 6.07) is 0. The summed E-state index contributed by atoms with van der Waals surface area (Å²) in [6.07, 6.45) is -19.1. The van der Waals surface area contributed by atoms with Crippen molar-refractivity contribution >= 4 is 5.97 Å². The molecule has 0 spiro atoms. The molecule has 1 fully saturated rings. The summed E-state index contributed by atoms with van der Waals surface area (Å²) in [7, 11) is 0. The van der Waals surface area contributed by atoms with Crippen molar-refractivity contribution in [1.29, 1.82) is 0 Å². The summed E-state index contributed by atoms with van der Waals surface area (Å²) in [5, 5.41) is 94.0. The number of rotatable bonds is 9. The van der Waals surface area contributed by atoms with E-state index in [4.69, 9.17) is 24.8 Å². The first kappa shape index (κ1) is 23.1. The van der Waals surface area contributed by atoms with Gasteiger partial charge >= 0.3 is 5.97 Å². The number of aliphatic hydroxyl groups is 9. The van der Waals surface area contributed by atoms with E-state index in [1.165, 1.54) is 0 Å². The lowest BCUT2D eigenvalue weighted by Crippen LogP contribution is -2.59. The van der Waals surface area contributed by atoms with Crippen LogP contribution in [-0.2, 0) is 14.3 Å². The number of ether oxygens (including phenoxy) is 2. The highest BCUT2D eigenvalue weighted by molar-refractivity contribution is 5.72. The summed E-state index contributed by atoms with van der Waals surface area (Å²) in [4.78, 5) is 10.5. The topological polar surface area (TPSA) is 238 Å². The molecule has 0 aliphatic carbocycles. The fourth-order valence-corrected chi connectivity index (χ4v) is 2.26. The van der Waals surface area contributed by atoms with Crippen molar-refractivity contribution in [3.8, 4) is 0 Å². The molecule has 1 aliphatic rings. The van der Waals surface area contributed by atoms with Gasteiger partial charge in [-0.25, -0.2) is 4.79 Å². The van der Waals surface area contributed by atoms with E-state index in [9.17, 15) is 40.5 Å². The maximum Gasteiger partial charge on any atom is 0.335 e. The lowest BCUT2D eigenvalue weighted by atomic mass is 9.98. The van der Waals surface area contributed by atoms with Crippen LogP contribution in [0.2, 0.25) is 0 Å². The number of hydrogen-bond donors (Lipinski definition) is 10. The molecular weight excluding hydrogens is 364 g/mol. The van der Waals surface area contributed by atoms with Crippen molar-refractivity contribution in [3.05, 3.63) is 0 Å². The first-order valence-corrected chi connectivity index (χ1v) is 7.58. The van der Waals surface area contributed by atoms with Gasteiger partial charge in [0.15, 0.2) is 12.4 Å². The van der Waals surface area contributed by atoms with E-state index in [0.29, 0.717) is 0 Å². The van der Waals surface area contributed by atoms with Crippen LogP contribution < -0.4 is 0 Å². The van der Waals surface area contributed by atoms with Gasteiger partial charge in [0.05, 0.1) is 13.2 Å². The molecule has 0 radical (unpaired) electrons. The fourth-order valence-electron chi connectivity index (χ4n) is 2.26. The molecule has 0 aromatic rings. The summed E-state index contributed by atoms with van der Waals surface area (Å²) in [5.74, 6) is -1.86. The van der Waals surface area contributed by atoms with E-state index in [0.717, 1.165) is 0 Å². The van der Waals surface area contributed by atoms with Crippen LogP contribution in [0.15, 0.2) is 0 Å². The van der Waals surface area contributed by atoms with E-state index in [1.54, 1.807) is 0 Å². The van der Waals surface area contributed by atoms with Crippen molar-refractivity contribution < 1.29 is 65.3 Å². The molecule has 1 heterocycles. The molecule has 0 saturated carbocycles. The zero-order valence-electron chi connectivity index (χ0n) is 13.4. The molecule has 10 atom stereocenters. The maximum atomic E-state index is 10.5. The Bertz CT molecular complexity index is 446. The lowest BCUT2D eigenvalue weighted by Gasteiger charge is -2.40. The minimum absolute atomic E-state index is 0.714. The standard InChI is InChI=1S/C13H24O13/c14-1-4-6(17)8(19)11(22)13(26-4)25-2-3(15)5(16)7(18)9(20)10(21)12(23)24/h3-11,13-22H,1-2H2,(H,23,24)/t3?,4-,5?,6-,7?,8+,9?,10?,11-,13+/m1/s1. The Morgan fingerprint density at radius 2 is 1.50 bits per heavy atom. The van der Waals surface area contributed by atoms with Gasteiger partial charge in [0.2, 0.25) is 0 Å². The second-order valence-corrected chi connectivity index (χ2v) is 5.85. The van der Waals surface area contributed by atoms with E-state index in [2.05, 4.69) is 0 Å². The Morgan fingerprint density at radius 3 is 2.00 bits per heavy atom. The minimum Gasteiger partial charge on any atom is -0.479 e. The predicted octanol–water partition coefficient (Wildman–Crippen LogP) is -6.31. The number of carboxylic acids is 1. The minimum atomic E-state index is -2.42. The molecule has 1 aliphatic heterocycles. The normalized spacial score (nSPS) is 35.3. The van der Waals surface area contributed by atoms with E-state index < -0.39 is 80.4 Å². The molecule has 13 nitrogen and oxygen atoms in total. The van der Waals surface area contributed by atoms with Crippen LogP contribution >= 0.6 is 0 Å². The quantitative estimate of drug-likeness (QED) is 0.177. The predicted molar refractivity (Wildman–Crippen MR) is 77.4 cm³/mol. The van der Waals surface area contributed by atoms with E-state index in [-0.39, 0.29) is 0 Å². The zero-order valence-corrected chi connectivity index (χ0v) is 13.4. The Labute approximate surface area is 146 Å². The highest BCUT2D eigenvalue weighted by atomic mass is 16.7. The third-order valence-electron chi connectivity index (χ3n) is 3.95. The molecule has 0 aromatic carbocycles. The second-order valence-electron chi connectivity index (χ2n) is 5.85. The third-order valence-corrected chi connectivity index (χ3v) is 3.95. The van der Waals surface area contributed by atoms with Crippen LogP contribution in [0.4, 0.5) is 0 Å². The van der Waals surface area contributed by atoms with E-state index >= 15 is 0 Å². The highest BCUT2D eigenvalue weighted by Gasteiger charge is 2.44. The maximum absolute atomic E-state index is 10.5. The Kier molecular flexibility index (Phi) is 8.71. The average molecular weight is 388 g/mol. The number of hydrogen-bond acceptors (Lipinski definition) is 12. The van der Waals surface area contributed by atoms with Crippen LogP contribution in [0.1, 0.15) is 0 Å². The molecule has 5 unspecified atom stereocenters. The summed E-state index contributed by atoms with van der Waals surface area (Å²) < 4.78 is 9.91. The Balaban J connectivity index is 2.61. The monoisotopic (exact) mass is 388 g/mol. The number of aliphatic carboxylic acids is 1. The lowest BCUT2D eigenvalue weighted by molar-refractivity contribution is -0.306. The molecule has 10 N–H and O–H groups in total.